The van der Waals surface area contributed by atoms with Gasteiger partial charge in [-0.3, -0.25) is 9.69 Å². The van der Waals surface area contributed by atoms with Gasteiger partial charge in [-0.1, -0.05) is 33.0 Å². The molecular weight excluding hydrogens is 238 g/mol. The summed E-state index contributed by atoms with van der Waals surface area (Å²) in [6.45, 7) is 7.74. The number of thiocarbonyl (C=S) groups is 1. The molecule has 0 aromatic rings. The van der Waals surface area contributed by atoms with Gasteiger partial charge in [-0.15, -0.1) is 0 Å². The molecule has 1 unspecified atom stereocenters. The third kappa shape index (κ3) is 2.41. The van der Waals surface area contributed by atoms with Gasteiger partial charge in [0.05, 0.1) is 4.99 Å². The van der Waals surface area contributed by atoms with Crippen LogP contribution >= 0.6 is 12.2 Å². The lowest BCUT2D eigenvalue weighted by atomic mass is 9.75. The molecule has 6 heteroatoms. The molecule has 1 atom stereocenters. The number of urea groups is 1. The maximum atomic E-state index is 12.3. The van der Waals surface area contributed by atoms with Crippen LogP contribution in [0.15, 0.2) is 0 Å². The Morgan fingerprint density at radius 1 is 1.47 bits per heavy atom. The highest BCUT2D eigenvalue weighted by Crippen LogP contribution is 2.35. The minimum absolute atomic E-state index is 0.216. The van der Waals surface area contributed by atoms with E-state index in [1.54, 1.807) is 6.92 Å². The quantitative estimate of drug-likeness (QED) is 0.584. The Bertz CT molecular complexity index is 375. The number of carbonyl (C=O) groups excluding carboxylic acids is 2. The molecule has 1 fully saturated rings. The van der Waals surface area contributed by atoms with Crippen molar-refractivity contribution in [3.05, 3.63) is 0 Å². The normalized spacial score (nSPS) is 25.1. The van der Waals surface area contributed by atoms with Crippen molar-refractivity contribution in [1.29, 1.82) is 0 Å². The molecule has 0 bridgehead atoms. The topological polar surface area (TPSA) is 75.4 Å². The van der Waals surface area contributed by atoms with Gasteiger partial charge in [0.25, 0.3) is 5.91 Å². The first-order chi connectivity index (χ1) is 7.59. The highest BCUT2D eigenvalue weighted by atomic mass is 32.1. The zero-order chi connectivity index (χ0) is 13.4. The molecule has 1 rings (SSSR count). The average molecular weight is 257 g/mol. The van der Waals surface area contributed by atoms with Crippen LogP contribution in [0.25, 0.3) is 0 Å². The van der Waals surface area contributed by atoms with Crippen LogP contribution in [0.3, 0.4) is 0 Å². The largest absolute Gasteiger partial charge is 0.393 e. The van der Waals surface area contributed by atoms with E-state index in [4.69, 9.17) is 18.0 Å². The van der Waals surface area contributed by atoms with Crippen LogP contribution in [0.4, 0.5) is 4.79 Å². The molecule has 1 heterocycles. The van der Waals surface area contributed by atoms with Gasteiger partial charge < -0.3 is 11.1 Å². The molecule has 0 saturated carbocycles. The molecule has 1 aliphatic heterocycles. The number of hydrogen-bond donors (Lipinski definition) is 2. The first-order valence-corrected chi connectivity index (χ1v) is 5.93. The molecule has 1 aliphatic rings. The Labute approximate surface area is 107 Å². The number of hydrogen-bond acceptors (Lipinski definition) is 3. The lowest BCUT2D eigenvalue weighted by Gasteiger charge is -2.35. The highest BCUT2D eigenvalue weighted by molar-refractivity contribution is 7.80. The Morgan fingerprint density at radius 3 is 2.35 bits per heavy atom. The standard InChI is InChI=1S/C11H19N3O2S/c1-10(2,3)11(4)8(15)14(9(16)13-11)6-5-7(12)17/h5-6H2,1-4H3,(H2,12,17)(H,13,16). The molecule has 0 spiro atoms. The van der Waals surface area contributed by atoms with Crippen molar-refractivity contribution in [1.82, 2.24) is 10.2 Å². The molecule has 5 nitrogen and oxygen atoms in total. The zero-order valence-corrected chi connectivity index (χ0v) is 11.5. The number of nitrogens with zero attached hydrogens (tertiary/aromatic N) is 1. The SMILES string of the molecule is CC(C)(C)C1(C)NC(=O)N(CCC(N)=S)C1=O. The van der Waals surface area contributed by atoms with E-state index in [0.29, 0.717) is 11.4 Å². The first kappa shape index (κ1) is 13.9. The number of nitrogens with two attached hydrogens (primary N) is 1. The summed E-state index contributed by atoms with van der Waals surface area (Å²) >= 11 is 4.75. The van der Waals surface area contributed by atoms with Crippen LogP contribution in [-0.4, -0.2) is 33.9 Å². The summed E-state index contributed by atoms with van der Waals surface area (Å²) in [7, 11) is 0. The fraction of sp³-hybridized carbons (Fsp3) is 0.727. The van der Waals surface area contributed by atoms with Gasteiger partial charge in [-0.2, -0.15) is 0 Å². The Hall–Kier alpha value is -1.17. The van der Waals surface area contributed by atoms with Gasteiger partial charge in [0.2, 0.25) is 0 Å². The Balaban J connectivity index is 2.89. The molecule has 3 amide bonds. The smallest absolute Gasteiger partial charge is 0.325 e. The van der Waals surface area contributed by atoms with Gasteiger partial charge in [0, 0.05) is 13.0 Å². The maximum absolute atomic E-state index is 12.3. The lowest BCUT2D eigenvalue weighted by Crippen LogP contribution is -2.54. The van der Waals surface area contributed by atoms with Gasteiger partial charge >= 0.3 is 6.03 Å². The van der Waals surface area contributed by atoms with Crippen molar-refractivity contribution in [2.75, 3.05) is 6.54 Å². The van der Waals surface area contributed by atoms with E-state index in [1.165, 1.54) is 4.90 Å². The second kappa shape index (κ2) is 4.25. The predicted octanol–water partition coefficient (Wildman–Crippen LogP) is 1.02. The zero-order valence-electron chi connectivity index (χ0n) is 10.7. The van der Waals surface area contributed by atoms with E-state index in [0.717, 1.165) is 0 Å². The van der Waals surface area contributed by atoms with Gasteiger partial charge in [0.15, 0.2) is 0 Å². The summed E-state index contributed by atoms with van der Waals surface area (Å²) in [5, 5.41) is 2.75. The summed E-state index contributed by atoms with van der Waals surface area (Å²) in [4.78, 5) is 25.5. The summed E-state index contributed by atoms with van der Waals surface area (Å²) in [5.41, 5.74) is 4.15. The number of imide groups is 1. The fourth-order valence-electron chi connectivity index (χ4n) is 1.63. The maximum Gasteiger partial charge on any atom is 0.325 e. The van der Waals surface area contributed by atoms with Crippen molar-refractivity contribution in [2.45, 2.75) is 39.7 Å². The third-order valence-corrected chi connectivity index (χ3v) is 3.56. The van der Waals surface area contributed by atoms with E-state index < -0.39 is 5.54 Å². The Kier molecular flexibility index (Phi) is 3.47. The molecule has 0 aromatic carbocycles. The van der Waals surface area contributed by atoms with Crippen LogP contribution in [0.1, 0.15) is 34.1 Å². The summed E-state index contributed by atoms with van der Waals surface area (Å²) in [6.07, 6.45) is 0.356. The summed E-state index contributed by atoms with van der Waals surface area (Å²) in [6, 6.07) is -0.372. The summed E-state index contributed by atoms with van der Waals surface area (Å²) in [5.74, 6) is -0.216. The molecule has 1 saturated heterocycles. The minimum Gasteiger partial charge on any atom is -0.393 e. The molecule has 0 aliphatic carbocycles. The van der Waals surface area contributed by atoms with Crippen molar-refractivity contribution in [3.8, 4) is 0 Å². The van der Waals surface area contributed by atoms with E-state index >= 15 is 0 Å². The molecule has 96 valence electrons. The van der Waals surface area contributed by atoms with Crippen LogP contribution in [0, 0.1) is 5.41 Å². The molecule has 3 N–H and O–H groups in total. The molecule has 17 heavy (non-hydrogen) atoms. The van der Waals surface area contributed by atoms with Gasteiger partial charge in [0.1, 0.15) is 5.54 Å². The van der Waals surface area contributed by atoms with Crippen LogP contribution < -0.4 is 11.1 Å². The highest BCUT2D eigenvalue weighted by Gasteiger charge is 2.54. The van der Waals surface area contributed by atoms with E-state index in [9.17, 15) is 9.59 Å². The first-order valence-electron chi connectivity index (χ1n) is 5.52. The molecule has 0 radical (unpaired) electrons. The van der Waals surface area contributed by atoms with Crippen molar-refractivity contribution >= 4 is 29.1 Å². The van der Waals surface area contributed by atoms with E-state index in [-0.39, 0.29) is 23.9 Å². The summed E-state index contributed by atoms with van der Waals surface area (Å²) < 4.78 is 0. The van der Waals surface area contributed by atoms with E-state index in [2.05, 4.69) is 5.32 Å². The predicted molar refractivity (Wildman–Crippen MR) is 69.5 cm³/mol. The lowest BCUT2D eigenvalue weighted by molar-refractivity contribution is -0.134. The second-order valence-corrected chi connectivity index (χ2v) is 6.00. The van der Waals surface area contributed by atoms with Crippen molar-refractivity contribution in [3.63, 3.8) is 0 Å². The van der Waals surface area contributed by atoms with E-state index in [1.807, 2.05) is 20.8 Å². The van der Waals surface area contributed by atoms with Crippen LogP contribution in [0.5, 0.6) is 0 Å². The van der Waals surface area contributed by atoms with Gasteiger partial charge in [-0.25, -0.2) is 4.79 Å². The number of carbonyl (C=O) groups is 2. The monoisotopic (exact) mass is 257 g/mol. The van der Waals surface area contributed by atoms with Crippen molar-refractivity contribution < 1.29 is 9.59 Å². The average Bonchev–Trinajstić information content (AvgIpc) is 2.35. The molecule has 0 aromatic heterocycles. The second-order valence-electron chi connectivity index (χ2n) is 5.48. The van der Waals surface area contributed by atoms with Crippen LogP contribution in [0.2, 0.25) is 0 Å². The number of nitrogens with one attached hydrogen (secondary N) is 1. The van der Waals surface area contributed by atoms with Crippen LogP contribution in [-0.2, 0) is 4.79 Å². The number of amides is 3. The fourth-order valence-corrected chi connectivity index (χ4v) is 1.72. The van der Waals surface area contributed by atoms with Gasteiger partial charge in [-0.05, 0) is 12.3 Å². The number of rotatable bonds is 3. The van der Waals surface area contributed by atoms with Crippen molar-refractivity contribution in [2.24, 2.45) is 11.1 Å². The molecular formula is C11H19N3O2S. The minimum atomic E-state index is -0.875. The Morgan fingerprint density at radius 2 is 2.00 bits per heavy atom. The third-order valence-electron chi connectivity index (χ3n) is 3.36.